The average molecular weight is 363 g/mol. The number of carbonyl (C=O) groups is 3. The maximum atomic E-state index is 12.3. The van der Waals surface area contributed by atoms with Crippen LogP contribution in [-0.2, 0) is 9.53 Å². The van der Waals surface area contributed by atoms with Gasteiger partial charge < -0.3 is 25.8 Å². The highest BCUT2D eigenvalue weighted by molar-refractivity contribution is 5.95. The number of carboxylic acid groups (broad SMARTS) is 1. The summed E-state index contributed by atoms with van der Waals surface area (Å²) in [5.74, 6) is -1.27. The molecule has 2 rings (SSSR count). The topological polar surface area (TPSA) is 117 Å². The molecule has 26 heavy (non-hydrogen) atoms. The van der Waals surface area contributed by atoms with Gasteiger partial charge in [0.15, 0.2) is 0 Å². The molecule has 1 aliphatic rings. The summed E-state index contributed by atoms with van der Waals surface area (Å²) < 4.78 is 5.22. The Bertz CT molecular complexity index is 651. The number of nitrogens with one attached hydrogen (secondary N) is 3. The van der Waals surface area contributed by atoms with Crippen molar-refractivity contribution in [1.29, 1.82) is 0 Å². The van der Waals surface area contributed by atoms with E-state index in [9.17, 15) is 19.5 Å². The highest BCUT2D eigenvalue weighted by Gasteiger charge is 2.40. The summed E-state index contributed by atoms with van der Waals surface area (Å²) in [6.45, 7) is 4.52. The van der Waals surface area contributed by atoms with E-state index in [2.05, 4.69) is 16.0 Å². The second-order valence-electron chi connectivity index (χ2n) is 6.71. The van der Waals surface area contributed by atoms with Crippen LogP contribution < -0.4 is 16.0 Å². The van der Waals surface area contributed by atoms with Crippen molar-refractivity contribution >= 4 is 23.6 Å². The summed E-state index contributed by atoms with van der Waals surface area (Å²) in [4.78, 5) is 35.5. The van der Waals surface area contributed by atoms with Crippen LogP contribution in [0.4, 0.5) is 10.5 Å². The third-order valence-electron chi connectivity index (χ3n) is 4.32. The largest absolute Gasteiger partial charge is 0.481 e. The number of carboxylic acids is 1. The van der Waals surface area contributed by atoms with Crippen LogP contribution in [0.15, 0.2) is 24.3 Å². The lowest BCUT2D eigenvalue weighted by atomic mass is 9.80. The van der Waals surface area contributed by atoms with E-state index in [4.69, 9.17) is 4.74 Å². The molecule has 0 radical (unpaired) electrons. The summed E-state index contributed by atoms with van der Waals surface area (Å²) >= 11 is 0. The first kappa shape index (κ1) is 19.7. The Balaban J connectivity index is 1.93. The van der Waals surface area contributed by atoms with Gasteiger partial charge in [0.25, 0.3) is 5.91 Å². The lowest BCUT2D eigenvalue weighted by molar-refractivity contribution is -0.154. The monoisotopic (exact) mass is 363 g/mol. The summed E-state index contributed by atoms with van der Waals surface area (Å²) in [6, 6.07) is 6.11. The standard InChI is InChI=1S/C18H25N3O5/c1-12(2)20-17(25)21-14-5-3-13(4-6-14)15(22)19-11-18(16(23)24)7-9-26-10-8-18/h3-6,12H,7-11H2,1-2H3,(H,19,22)(H,23,24)(H2,20,21,25). The van der Waals surface area contributed by atoms with Crippen LogP contribution in [0.3, 0.4) is 0 Å². The number of anilines is 1. The van der Waals surface area contributed by atoms with E-state index < -0.39 is 11.4 Å². The molecular weight excluding hydrogens is 338 g/mol. The maximum absolute atomic E-state index is 12.3. The molecule has 1 aliphatic heterocycles. The molecule has 0 atom stereocenters. The van der Waals surface area contributed by atoms with Gasteiger partial charge in [0.05, 0.1) is 5.41 Å². The first-order valence-electron chi connectivity index (χ1n) is 8.59. The predicted molar refractivity (Wildman–Crippen MR) is 96.2 cm³/mol. The molecule has 1 aromatic rings. The van der Waals surface area contributed by atoms with Crippen molar-refractivity contribution in [2.24, 2.45) is 5.41 Å². The Kier molecular flexibility index (Phi) is 6.57. The van der Waals surface area contributed by atoms with Gasteiger partial charge in [0.1, 0.15) is 0 Å². The van der Waals surface area contributed by atoms with Crippen LogP contribution in [0.25, 0.3) is 0 Å². The number of ether oxygens (including phenoxy) is 1. The summed E-state index contributed by atoms with van der Waals surface area (Å²) in [6.07, 6.45) is 0.743. The number of hydrogen-bond donors (Lipinski definition) is 4. The van der Waals surface area contributed by atoms with Crippen molar-refractivity contribution < 1.29 is 24.2 Å². The fraction of sp³-hybridized carbons (Fsp3) is 0.500. The number of amides is 3. The highest BCUT2D eigenvalue weighted by atomic mass is 16.5. The van der Waals surface area contributed by atoms with Gasteiger partial charge in [0, 0.05) is 37.1 Å². The van der Waals surface area contributed by atoms with Crippen molar-refractivity contribution in [3.05, 3.63) is 29.8 Å². The fourth-order valence-corrected chi connectivity index (χ4v) is 2.71. The van der Waals surface area contributed by atoms with Gasteiger partial charge in [0.2, 0.25) is 0 Å². The summed E-state index contributed by atoms with van der Waals surface area (Å²) in [5, 5.41) is 17.6. The van der Waals surface area contributed by atoms with E-state index in [0.717, 1.165) is 0 Å². The van der Waals surface area contributed by atoms with Crippen LogP contribution in [0.1, 0.15) is 37.0 Å². The molecule has 1 heterocycles. The maximum Gasteiger partial charge on any atom is 0.319 e. The molecular formula is C18H25N3O5. The lowest BCUT2D eigenvalue weighted by Crippen LogP contribution is -2.46. The van der Waals surface area contributed by atoms with Gasteiger partial charge in [-0.25, -0.2) is 4.79 Å². The molecule has 1 fully saturated rings. The highest BCUT2D eigenvalue weighted by Crippen LogP contribution is 2.30. The smallest absolute Gasteiger partial charge is 0.319 e. The SMILES string of the molecule is CC(C)NC(=O)Nc1ccc(C(=O)NCC2(C(=O)O)CCOCC2)cc1. The van der Waals surface area contributed by atoms with Crippen LogP contribution in [0, 0.1) is 5.41 Å². The van der Waals surface area contributed by atoms with Gasteiger partial charge in [-0.1, -0.05) is 0 Å². The van der Waals surface area contributed by atoms with Crippen LogP contribution in [0.5, 0.6) is 0 Å². The zero-order chi connectivity index (χ0) is 19.2. The zero-order valence-corrected chi connectivity index (χ0v) is 15.0. The Hall–Kier alpha value is -2.61. The summed E-state index contributed by atoms with van der Waals surface area (Å²) in [5.41, 5.74) is -0.0248. The molecule has 1 saturated heterocycles. The molecule has 4 N–H and O–H groups in total. The Morgan fingerprint density at radius 3 is 2.31 bits per heavy atom. The molecule has 0 bridgehead atoms. The zero-order valence-electron chi connectivity index (χ0n) is 15.0. The fourth-order valence-electron chi connectivity index (χ4n) is 2.71. The number of rotatable bonds is 6. The molecule has 8 heteroatoms. The Labute approximate surface area is 152 Å². The normalized spacial score (nSPS) is 16.0. The van der Waals surface area contributed by atoms with Crippen molar-refractivity contribution in [3.8, 4) is 0 Å². The van der Waals surface area contributed by atoms with E-state index in [1.807, 2.05) is 13.8 Å². The number of benzene rings is 1. The minimum absolute atomic E-state index is 0.0202. The molecule has 8 nitrogen and oxygen atoms in total. The average Bonchev–Trinajstić information content (AvgIpc) is 2.60. The minimum Gasteiger partial charge on any atom is -0.481 e. The number of aliphatic carboxylic acids is 1. The third-order valence-corrected chi connectivity index (χ3v) is 4.32. The van der Waals surface area contributed by atoms with Crippen molar-refractivity contribution in [3.63, 3.8) is 0 Å². The van der Waals surface area contributed by atoms with Gasteiger partial charge >= 0.3 is 12.0 Å². The summed E-state index contributed by atoms with van der Waals surface area (Å²) in [7, 11) is 0. The van der Waals surface area contributed by atoms with Crippen LogP contribution in [0.2, 0.25) is 0 Å². The molecule has 0 aromatic heterocycles. The molecule has 0 unspecified atom stereocenters. The molecule has 142 valence electrons. The van der Waals surface area contributed by atoms with Crippen molar-refractivity contribution in [2.45, 2.75) is 32.7 Å². The molecule has 0 saturated carbocycles. The number of carbonyl (C=O) groups excluding carboxylic acids is 2. The first-order chi connectivity index (χ1) is 12.3. The van der Waals surface area contributed by atoms with Crippen molar-refractivity contribution in [1.82, 2.24) is 10.6 Å². The van der Waals surface area contributed by atoms with Gasteiger partial charge in [-0.3, -0.25) is 9.59 Å². The quantitative estimate of drug-likeness (QED) is 0.615. The van der Waals surface area contributed by atoms with Gasteiger partial charge in [-0.2, -0.15) is 0 Å². The molecule has 1 aromatic carbocycles. The Morgan fingerprint density at radius 2 is 1.77 bits per heavy atom. The third kappa shape index (κ3) is 5.19. The van der Waals surface area contributed by atoms with Gasteiger partial charge in [-0.15, -0.1) is 0 Å². The second-order valence-corrected chi connectivity index (χ2v) is 6.71. The van der Waals surface area contributed by atoms with E-state index >= 15 is 0 Å². The van der Waals surface area contributed by atoms with E-state index in [-0.39, 0.29) is 24.5 Å². The minimum atomic E-state index is -0.982. The number of hydrogen-bond acceptors (Lipinski definition) is 4. The Morgan fingerprint density at radius 1 is 1.15 bits per heavy atom. The van der Waals surface area contributed by atoms with E-state index in [1.165, 1.54) is 0 Å². The van der Waals surface area contributed by atoms with E-state index in [1.54, 1.807) is 24.3 Å². The molecule has 0 aliphatic carbocycles. The molecule has 3 amide bonds. The predicted octanol–water partition coefficient (Wildman–Crippen LogP) is 1.83. The van der Waals surface area contributed by atoms with Crippen molar-refractivity contribution in [2.75, 3.05) is 25.1 Å². The van der Waals surface area contributed by atoms with Crippen LogP contribution >= 0.6 is 0 Å². The number of urea groups is 1. The first-order valence-corrected chi connectivity index (χ1v) is 8.59. The van der Waals surface area contributed by atoms with E-state index in [0.29, 0.717) is 37.3 Å². The lowest BCUT2D eigenvalue weighted by Gasteiger charge is -2.33. The van der Waals surface area contributed by atoms with Crippen LogP contribution in [-0.4, -0.2) is 48.8 Å². The van der Waals surface area contributed by atoms with Gasteiger partial charge in [-0.05, 0) is 51.0 Å². The molecule has 0 spiro atoms. The second kappa shape index (κ2) is 8.66.